The van der Waals surface area contributed by atoms with Crippen molar-refractivity contribution in [2.75, 3.05) is 0 Å². The molecule has 1 aliphatic rings. The van der Waals surface area contributed by atoms with Gasteiger partial charge in [0, 0.05) is 12.0 Å². The highest BCUT2D eigenvalue weighted by Gasteiger charge is 2.32. The summed E-state index contributed by atoms with van der Waals surface area (Å²) in [6.45, 7) is 3.57. The third-order valence-electron chi connectivity index (χ3n) is 2.66. The molecule has 1 aliphatic carbocycles. The number of ether oxygens (including phenoxy) is 1. The minimum absolute atomic E-state index is 0.0929. The van der Waals surface area contributed by atoms with Gasteiger partial charge in [0.2, 0.25) is 0 Å². The van der Waals surface area contributed by atoms with Gasteiger partial charge in [0.05, 0.1) is 6.10 Å². The van der Waals surface area contributed by atoms with E-state index >= 15 is 0 Å². The van der Waals surface area contributed by atoms with Gasteiger partial charge in [-0.15, -0.1) is 0 Å². The molecule has 0 radical (unpaired) electrons. The Kier molecular flexibility index (Phi) is 4.39. The molecule has 1 saturated carbocycles. The summed E-state index contributed by atoms with van der Waals surface area (Å²) in [6, 6.07) is -0.0952. The van der Waals surface area contributed by atoms with Crippen molar-refractivity contribution in [3.63, 3.8) is 0 Å². The van der Waals surface area contributed by atoms with E-state index in [1.165, 1.54) is 0 Å². The predicted octanol–water partition coefficient (Wildman–Crippen LogP) is 1.04. The normalized spacial score (nSPS) is 25.8. The van der Waals surface area contributed by atoms with Gasteiger partial charge < -0.3 is 21.0 Å². The first-order valence-electron chi connectivity index (χ1n) is 5.49. The van der Waals surface area contributed by atoms with Crippen LogP contribution in [-0.2, 0) is 4.74 Å². The molecule has 92 valence electrons. The monoisotopic (exact) mass is 229 g/mol. The molecule has 4 N–H and O–H groups in total. The molecular weight excluding hydrogens is 210 g/mol. The summed E-state index contributed by atoms with van der Waals surface area (Å²) in [5.41, 5.74) is 5.55. The first-order chi connectivity index (χ1) is 7.54. The maximum Gasteiger partial charge on any atom is 0.407 e. The molecule has 0 aliphatic heterocycles. The van der Waals surface area contributed by atoms with Gasteiger partial charge in [-0.3, -0.25) is 0 Å². The highest BCUT2D eigenvalue weighted by Crippen LogP contribution is 2.25. The third kappa shape index (κ3) is 3.29. The Hall–Kier alpha value is -1.46. The second kappa shape index (κ2) is 5.58. The van der Waals surface area contributed by atoms with Crippen LogP contribution in [0.2, 0.25) is 0 Å². The standard InChI is InChI=1S/C10H19N3O3/c1-6(2)16-10(14)12-8-5-3-4-7(8)9(11)13-15/h6-8,15H,3-5H2,1-2H3,(H2,11,13)(H,12,14). The zero-order valence-corrected chi connectivity index (χ0v) is 9.64. The van der Waals surface area contributed by atoms with E-state index in [0.717, 1.165) is 19.3 Å². The average molecular weight is 229 g/mol. The van der Waals surface area contributed by atoms with Gasteiger partial charge in [-0.25, -0.2) is 4.79 Å². The van der Waals surface area contributed by atoms with Gasteiger partial charge >= 0.3 is 6.09 Å². The fourth-order valence-corrected chi connectivity index (χ4v) is 1.96. The van der Waals surface area contributed by atoms with Crippen LogP contribution in [0, 0.1) is 5.92 Å². The van der Waals surface area contributed by atoms with Crippen LogP contribution in [0.1, 0.15) is 33.1 Å². The molecular formula is C10H19N3O3. The lowest BCUT2D eigenvalue weighted by Gasteiger charge is -2.20. The number of carbonyl (C=O) groups excluding carboxylic acids is 1. The zero-order valence-electron chi connectivity index (χ0n) is 9.64. The topological polar surface area (TPSA) is 96.9 Å². The molecule has 0 heterocycles. The number of hydrogen-bond donors (Lipinski definition) is 3. The van der Waals surface area contributed by atoms with Crippen molar-refractivity contribution in [1.82, 2.24) is 5.32 Å². The lowest BCUT2D eigenvalue weighted by atomic mass is 10.0. The lowest BCUT2D eigenvalue weighted by Crippen LogP contribution is -2.43. The van der Waals surface area contributed by atoms with Gasteiger partial charge in [0.15, 0.2) is 0 Å². The van der Waals surface area contributed by atoms with Gasteiger partial charge in [0.1, 0.15) is 5.84 Å². The third-order valence-corrected chi connectivity index (χ3v) is 2.66. The van der Waals surface area contributed by atoms with Crippen molar-refractivity contribution < 1.29 is 14.7 Å². The van der Waals surface area contributed by atoms with Crippen molar-refractivity contribution in [3.8, 4) is 0 Å². The fraction of sp³-hybridized carbons (Fsp3) is 0.800. The molecule has 1 rings (SSSR count). The largest absolute Gasteiger partial charge is 0.447 e. The van der Waals surface area contributed by atoms with Crippen LogP contribution in [0.3, 0.4) is 0 Å². The molecule has 1 fully saturated rings. The number of hydrogen-bond acceptors (Lipinski definition) is 4. The van der Waals surface area contributed by atoms with Crippen LogP contribution in [0.25, 0.3) is 0 Å². The molecule has 0 aromatic rings. The lowest BCUT2D eigenvalue weighted by molar-refractivity contribution is 0.111. The van der Waals surface area contributed by atoms with Gasteiger partial charge in [0.25, 0.3) is 0 Å². The van der Waals surface area contributed by atoms with E-state index in [-0.39, 0.29) is 23.9 Å². The van der Waals surface area contributed by atoms with Gasteiger partial charge in [-0.1, -0.05) is 11.6 Å². The Balaban J connectivity index is 2.50. The highest BCUT2D eigenvalue weighted by molar-refractivity contribution is 5.84. The molecule has 6 nitrogen and oxygen atoms in total. The number of nitrogens with two attached hydrogens (primary N) is 1. The van der Waals surface area contributed by atoms with Gasteiger partial charge in [-0.05, 0) is 26.7 Å². The number of amidine groups is 1. The van der Waals surface area contributed by atoms with E-state index in [4.69, 9.17) is 15.7 Å². The number of nitrogens with zero attached hydrogens (tertiary/aromatic N) is 1. The molecule has 1 amide bonds. The van der Waals surface area contributed by atoms with Crippen LogP contribution in [0.15, 0.2) is 5.16 Å². The molecule has 16 heavy (non-hydrogen) atoms. The predicted molar refractivity (Wildman–Crippen MR) is 59.3 cm³/mol. The number of nitrogens with one attached hydrogen (secondary N) is 1. The first kappa shape index (κ1) is 12.6. The molecule has 2 unspecified atom stereocenters. The fourth-order valence-electron chi connectivity index (χ4n) is 1.96. The van der Waals surface area contributed by atoms with Crippen molar-refractivity contribution >= 4 is 11.9 Å². The smallest absolute Gasteiger partial charge is 0.407 e. The van der Waals surface area contributed by atoms with Crippen molar-refractivity contribution in [2.24, 2.45) is 16.8 Å². The maximum atomic E-state index is 11.4. The Morgan fingerprint density at radius 3 is 2.81 bits per heavy atom. The summed E-state index contributed by atoms with van der Waals surface area (Å²) >= 11 is 0. The second-order valence-corrected chi connectivity index (χ2v) is 4.27. The summed E-state index contributed by atoms with van der Waals surface area (Å²) < 4.78 is 4.98. The zero-order chi connectivity index (χ0) is 12.1. The first-order valence-corrected chi connectivity index (χ1v) is 5.49. The average Bonchev–Trinajstić information content (AvgIpc) is 2.63. The summed E-state index contributed by atoms with van der Waals surface area (Å²) in [5, 5.41) is 14.3. The maximum absolute atomic E-state index is 11.4. The van der Waals surface area contributed by atoms with Crippen molar-refractivity contribution in [1.29, 1.82) is 0 Å². The van der Waals surface area contributed by atoms with Crippen molar-refractivity contribution in [2.45, 2.75) is 45.3 Å². The van der Waals surface area contributed by atoms with Crippen LogP contribution in [-0.4, -0.2) is 29.3 Å². The number of carbonyl (C=O) groups is 1. The van der Waals surface area contributed by atoms with Crippen molar-refractivity contribution in [3.05, 3.63) is 0 Å². The SMILES string of the molecule is CC(C)OC(=O)NC1CCCC1C(N)=NO. The van der Waals surface area contributed by atoms with Crippen LogP contribution < -0.4 is 11.1 Å². The molecule has 0 spiro atoms. The van der Waals surface area contributed by atoms with Crippen LogP contribution in [0.4, 0.5) is 4.79 Å². The van der Waals surface area contributed by atoms with E-state index in [0.29, 0.717) is 0 Å². The highest BCUT2D eigenvalue weighted by atomic mass is 16.6. The molecule has 0 aromatic heterocycles. The van der Waals surface area contributed by atoms with Crippen LogP contribution >= 0.6 is 0 Å². The minimum atomic E-state index is -0.447. The summed E-state index contributed by atoms with van der Waals surface area (Å²) in [5.74, 6) is 0.0806. The van der Waals surface area contributed by atoms with Gasteiger partial charge in [-0.2, -0.15) is 0 Å². The van der Waals surface area contributed by atoms with E-state index in [2.05, 4.69) is 10.5 Å². The summed E-state index contributed by atoms with van der Waals surface area (Å²) in [4.78, 5) is 11.4. The van der Waals surface area contributed by atoms with E-state index < -0.39 is 6.09 Å². The van der Waals surface area contributed by atoms with E-state index in [1.54, 1.807) is 13.8 Å². The Bertz CT molecular complexity index is 278. The van der Waals surface area contributed by atoms with E-state index in [9.17, 15) is 4.79 Å². The number of rotatable bonds is 3. The Labute approximate surface area is 94.8 Å². The number of amides is 1. The number of alkyl carbamates (subject to hydrolysis) is 1. The Morgan fingerprint density at radius 2 is 2.25 bits per heavy atom. The van der Waals surface area contributed by atoms with E-state index in [1.807, 2.05) is 0 Å². The number of oxime groups is 1. The second-order valence-electron chi connectivity index (χ2n) is 4.27. The summed E-state index contributed by atoms with van der Waals surface area (Å²) in [7, 11) is 0. The minimum Gasteiger partial charge on any atom is -0.447 e. The molecule has 0 aromatic carbocycles. The molecule has 2 atom stereocenters. The molecule has 6 heteroatoms. The quantitative estimate of drug-likeness (QED) is 0.291. The summed E-state index contributed by atoms with van der Waals surface area (Å²) in [6.07, 6.45) is 2.01. The molecule has 0 bridgehead atoms. The molecule has 0 saturated heterocycles. The Morgan fingerprint density at radius 1 is 1.56 bits per heavy atom. The van der Waals surface area contributed by atoms with Crippen LogP contribution in [0.5, 0.6) is 0 Å².